The number of carboxylic acids is 1. The molecule has 0 saturated carbocycles. The third-order valence-corrected chi connectivity index (χ3v) is 2.55. The van der Waals surface area contributed by atoms with Crippen molar-refractivity contribution in [3.05, 3.63) is 18.2 Å². The standard InChI is InChI=1S/C11H18N4O3/c1-7(4-12)2-10(16)15-9(11(17)18)3-8-5-13-6-14-8/h5-7,9H,2-4,12H2,1H3,(H,13,14)(H,15,16)(H,17,18). The van der Waals surface area contributed by atoms with Gasteiger partial charge in [0.2, 0.25) is 5.91 Å². The summed E-state index contributed by atoms with van der Waals surface area (Å²) in [6.07, 6.45) is 3.40. The first kappa shape index (κ1) is 14.2. The summed E-state index contributed by atoms with van der Waals surface area (Å²) < 4.78 is 0. The monoisotopic (exact) mass is 254 g/mol. The fraction of sp³-hybridized carbons (Fsp3) is 0.545. The minimum absolute atomic E-state index is 0.0339. The number of nitrogens with one attached hydrogen (secondary N) is 2. The number of hydrogen-bond donors (Lipinski definition) is 4. The zero-order valence-corrected chi connectivity index (χ0v) is 10.2. The largest absolute Gasteiger partial charge is 0.480 e. The number of nitrogens with zero attached hydrogens (tertiary/aromatic N) is 1. The predicted molar refractivity (Wildman–Crippen MR) is 64.7 cm³/mol. The molecule has 1 amide bonds. The molecule has 0 fully saturated rings. The summed E-state index contributed by atoms with van der Waals surface area (Å²) in [6, 6.07) is -0.956. The number of carboxylic acid groups (broad SMARTS) is 1. The Kier molecular flexibility index (Phi) is 5.31. The van der Waals surface area contributed by atoms with Gasteiger partial charge in [-0.1, -0.05) is 6.92 Å². The molecule has 5 N–H and O–H groups in total. The van der Waals surface area contributed by atoms with Crippen LogP contribution in [0.2, 0.25) is 0 Å². The lowest BCUT2D eigenvalue weighted by Gasteiger charge is -2.15. The molecule has 0 aromatic carbocycles. The average molecular weight is 254 g/mol. The SMILES string of the molecule is CC(CN)CC(=O)NC(Cc1cnc[nH]1)C(=O)O. The molecule has 0 saturated heterocycles. The third-order valence-electron chi connectivity index (χ3n) is 2.55. The van der Waals surface area contributed by atoms with Gasteiger partial charge in [-0.2, -0.15) is 0 Å². The Balaban J connectivity index is 2.53. The van der Waals surface area contributed by atoms with Crippen molar-refractivity contribution in [3.8, 4) is 0 Å². The lowest BCUT2D eigenvalue weighted by Crippen LogP contribution is -2.43. The number of H-pyrrole nitrogens is 1. The van der Waals surface area contributed by atoms with Crippen LogP contribution >= 0.6 is 0 Å². The first-order valence-corrected chi connectivity index (χ1v) is 5.72. The van der Waals surface area contributed by atoms with Crippen molar-refractivity contribution in [2.24, 2.45) is 11.7 Å². The minimum atomic E-state index is -1.07. The number of nitrogens with two attached hydrogens (primary N) is 1. The summed E-state index contributed by atoms with van der Waals surface area (Å²) in [5.41, 5.74) is 6.07. The molecule has 0 aliphatic carbocycles. The van der Waals surface area contributed by atoms with Gasteiger partial charge in [-0.3, -0.25) is 4.79 Å². The van der Waals surface area contributed by atoms with Gasteiger partial charge in [0, 0.05) is 24.7 Å². The molecule has 2 atom stereocenters. The summed E-state index contributed by atoms with van der Waals surface area (Å²) in [4.78, 5) is 29.2. The molecule has 0 bridgehead atoms. The zero-order valence-electron chi connectivity index (χ0n) is 10.2. The molecule has 1 aromatic heterocycles. The van der Waals surface area contributed by atoms with Crippen LogP contribution in [0.15, 0.2) is 12.5 Å². The normalized spacial score (nSPS) is 13.9. The van der Waals surface area contributed by atoms with E-state index in [1.54, 1.807) is 0 Å². The van der Waals surface area contributed by atoms with Gasteiger partial charge in [0.1, 0.15) is 6.04 Å². The van der Waals surface area contributed by atoms with Gasteiger partial charge < -0.3 is 21.1 Å². The number of aromatic nitrogens is 2. The summed E-state index contributed by atoms with van der Waals surface area (Å²) in [5.74, 6) is -1.34. The van der Waals surface area contributed by atoms with Gasteiger partial charge in [0.05, 0.1) is 6.33 Å². The maximum Gasteiger partial charge on any atom is 0.326 e. The van der Waals surface area contributed by atoms with E-state index in [0.717, 1.165) is 0 Å². The van der Waals surface area contributed by atoms with Crippen LogP contribution in [0.5, 0.6) is 0 Å². The zero-order chi connectivity index (χ0) is 13.5. The van der Waals surface area contributed by atoms with Crippen LogP contribution in [0.25, 0.3) is 0 Å². The highest BCUT2D eigenvalue weighted by Gasteiger charge is 2.21. The van der Waals surface area contributed by atoms with Gasteiger partial charge in [-0.15, -0.1) is 0 Å². The van der Waals surface area contributed by atoms with Crippen LogP contribution in [0.4, 0.5) is 0 Å². The van der Waals surface area contributed by atoms with E-state index in [4.69, 9.17) is 10.8 Å². The number of aliphatic carboxylic acids is 1. The van der Waals surface area contributed by atoms with Crippen molar-refractivity contribution in [3.63, 3.8) is 0 Å². The molecule has 18 heavy (non-hydrogen) atoms. The van der Waals surface area contributed by atoms with Gasteiger partial charge in [0.25, 0.3) is 0 Å². The number of carbonyl (C=O) groups excluding carboxylic acids is 1. The molecule has 1 heterocycles. The minimum Gasteiger partial charge on any atom is -0.480 e. The van der Waals surface area contributed by atoms with E-state index in [9.17, 15) is 9.59 Å². The number of imidazole rings is 1. The van der Waals surface area contributed by atoms with Crippen molar-refractivity contribution >= 4 is 11.9 Å². The van der Waals surface area contributed by atoms with Crippen molar-refractivity contribution in [1.29, 1.82) is 0 Å². The van der Waals surface area contributed by atoms with E-state index in [0.29, 0.717) is 12.2 Å². The molecule has 100 valence electrons. The van der Waals surface area contributed by atoms with Gasteiger partial charge >= 0.3 is 5.97 Å². The predicted octanol–water partition coefficient (Wildman–Crippen LogP) is -0.493. The number of amides is 1. The lowest BCUT2D eigenvalue weighted by molar-refractivity contribution is -0.141. The Hall–Kier alpha value is -1.89. The van der Waals surface area contributed by atoms with Crippen LogP contribution in [-0.2, 0) is 16.0 Å². The summed E-state index contributed by atoms with van der Waals surface area (Å²) in [6.45, 7) is 2.23. The number of rotatable bonds is 7. The van der Waals surface area contributed by atoms with E-state index >= 15 is 0 Å². The first-order chi connectivity index (χ1) is 8.52. The quantitative estimate of drug-likeness (QED) is 0.523. The highest BCUT2D eigenvalue weighted by molar-refractivity contribution is 5.83. The number of aromatic amines is 1. The average Bonchev–Trinajstić information content (AvgIpc) is 2.80. The highest BCUT2D eigenvalue weighted by Crippen LogP contribution is 2.02. The highest BCUT2D eigenvalue weighted by atomic mass is 16.4. The molecule has 1 rings (SSSR count). The Morgan fingerprint density at radius 2 is 2.33 bits per heavy atom. The van der Waals surface area contributed by atoms with Crippen molar-refractivity contribution in [2.45, 2.75) is 25.8 Å². The molecular weight excluding hydrogens is 236 g/mol. The Morgan fingerprint density at radius 3 is 2.83 bits per heavy atom. The Labute approximate surface area is 105 Å². The van der Waals surface area contributed by atoms with Crippen LogP contribution in [-0.4, -0.2) is 39.5 Å². The van der Waals surface area contributed by atoms with E-state index in [1.807, 2.05) is 6.92 Å². The van der Waals surface area contributed by atoms with Crippen molar-refractivity contribution < 1.29 is 14.7 Å². The molecule has 0 radical (unpaired) electrons. The van der Waals surface area contributed by atoms with Crippen molar-refractivity contribution in [1.82, 2.24) is 15.3 Å². The van der Waals surface area contributed by atoms with Crippen LogP contribution in [0.1, 0.15) is 19.0 Å². The van der Waals surface area contributed by atoms with Gasteiger partial charge in [0.15, 0.2) is 0 Å². The topological polar surface area (TPSA) is 121 Å². The summed E-state index contributed by atoms with van der Waals surface area (Å²) in [5, 5.41) is 11.5. The second kappa shape index (κ2) is 6.75. The maximum atomic E-state index is 11.6. The van der Waals surface area contributed by atoms with E-state index in [1.165, 1.54) is 12.5 Å². The second-order valence-electron chi connectivity index (χ2n) is 4.28. The Bertz CT molecular complexity index is 391. The smallest absolute Gasteiger partial charge is 0.326 e. The molecule has 7 heteroatoms. The maximum absolute atomic E-state index is 11.6. The van der Waals surface area contributed by atoms with E-state index in [2.05, 4.69) is 15.3 Å². The Morgan fingerprint density at radius 1 is 1.61 bits per heavy atom. The number of carbonyl (C=O) groups is 2. The summed E-state index contributed by atoms with van der Waals surface area (Å²) >= 11 is 0. The van der Waals surface area contributed by atoms with Gasteiger partial charge in [-0.05, 0) is 12.5 Å². The van der Waals surface area contributed by atoms with E-state index in [-0.39, 0.29) is 24.7 Å². The molecule has 0 spiro atoms. The fourth-order valence-electron chi connectivity index (χ4n) is 1.47. The third kappa shape index (κ3) is 4.54. The van der Waals surface area contributed by atoms with Crippen LogP contribution < -0.4 is 11.1 Å². The van der Waals surface area contributed by atoms with Crippen molar-refractivity contribution in [2.75, 3.05) is 6.54 Å². The molecule has 2 unspecified atom stereocenters. The lowest BCUT2D eigenvalue weighted by atomic mass is 10.1. The number of hydrogen-bond acceptors (Lipinski definition) is 4. The van der Waals surface area contributed by atoms with Gasteiger partial charge in [-0.25, -0.2) is 9.78 Å². The summed E-state index contributed by atoms with van der Waals surface area (Å²) in [7, 11) is 0. The molecule has 0 aliphatic rings. The van der Waals surface area contributed by atoms with Crippen LogP contribution in [0.3, 0.4) is 0 Å². The molecular formula is C11H18N4O3. The second-order valence-corrected chi connectivity index (χ2v) is 4.28. The fourth-order valence-corrected chi connectivity index (χ4v) is 1.47. The van der Waals surface area contributed by atoms with E-state index < -0.39 is 12.0 Å². The molecule has 1 aromatic rings. The first-order valence-electron chi connectivity index (χ1n) is 5.72. The molecule has 7 nitrogen and oxygen atoms in total. The molecule has 0 aliphatic heterocycles. The van der Waals surface area contributed by atoms with Crippen LogP contribution in [0, 0.1) is 5.92 Å².